The molecule has 0 aliphatic rings. The second kappa shape index (κ2) is 10.7. The Morgan fingerprint density at radius 1 is 0.963 bits per heavy atom. The first-order chi connectivity index (χ1) is 13.1. The molecule has 2 aromatic rings. The van der Waals surface area contributed by atoms with E-state index in [-0.39, 0.29) is 24.8 Å². The molecule has 2 amide bonds. The van der Waals surface area contributed by atoms with E-state index in [9.17, 15) is 9.59 Å². The predicted molar refractivity (Wildman–Crippen MR) is 104 cm³/mol. The molecule has 0 radical (unpaired) electrons. The van der Waals surface area contributed by atoms with Crippen LogP contribution >= 0.6 is 0 Å². The molecule has 0 aromatic heterocycles. The van der Waals surface area contributed by atoms with Gasteiger partial charge in [-0.2, -0.15) is 0 Å². The number of carbonyl (C=O) groups excluding carboxylic acids is 2. The molecule has 0 saturated heterocycles. The lowest BCUT2D eigenvalue weighted by Crippen LogP contribution is -2.29. The first-order valence-corrected chi connectivity index (χ1v) is 8.61. The summed E-state index contributed by atoms with van der Waals surface area (Å²) < 4.78 is 10.3. The summed E-state index contributed by atoms with van der Waals surface area (Å²) in [7, 11) is 3.19. The highest BCUT2D eigenvalue weighted by molar-refractivity contribution is 5.92. The molecule has 0 bridgehead atoms. The second-order valence-electron chi connectivity index (χ2n) is 5.74. The number of nitrogens with one attached hydrogen (secondary N) is 2. The number of para-hydroxylation sites is 1. The summed E-state index contributed by atoms with van der Waals surface area (Å²) in [6.45, 7) is 0.651. The van der Waals surface area contributed by atoms with Crippen LogP contribution < -0.4 is 20.1 Å². The number of amides is 2. The average Bonchev–Trinajstić information content (AvgIpc) is 2.71. The normalized spacial score (nSPS) is 10.4. The standard InChI is InChI=1S/C21H24N2O4/c1-26-18-10-7-16(8-11-18)9-12-20(24)22-14-13-21(25)23-15-17-5-3-4-6-19(17)27-2/h3-12H,13-15H2,1-2H3,(H,22,24)(H,23,25)/b12-9+. The summed E-state index contributed by atoms with van der Waals surface area (Å²) in [5, 5.41) is 5.51. The summed E-state index contributed by atoms with van der Waals surface area (Å²) in [5.74, 6) is 1.11. The van der Waals surface area contributed by atoms with Crippen LogP contribution in [0.4, 0.5) is 0 Å². The molecule has 0 aliphatic heterocycles. The molecule has 0 heterocycles. The number of methoxy groups -OCH3 is 2. The van der Waals surface area contributed by atoms with Crippen LogP contribution in [0.3, 0.4) is 0 Å². The highest BCUT2D eigenvalue weighted by atomic mass is 16.5. The SMILES string of the molecule is COc1ccc(/C=C/C(=O)NCCC(=O)NCc2ccccc2OC)cc1. The van der Waals surface area contributed by atoms with Gasteiger partial charge in [0.05, 0.1) is 14.2 Å². The van der Waals surface area contributed by atoms with Crippen LogP contribution in [0.25, 0.3) is 6.08 Å². The fourth-order valence-corrected chi connectivity index (χ4v) is 2.38. The number of hydrogen-bond acceptors (Lipinski definition) is 4. The molecule has 0 unspecified atom stereocenters. The minimum atomic E-state index is -0.247. The third kappa shape index (κ3) is 6.86. The van der Waals surface area contributed by atoms with Gasteiger partial charge in [0.15, 0.2) is 0 Å². The minimum Gasteiger partial charge on any atom is -0.497 e. The average molecular weight is 368 g/mol. The fourth-order valence-electron chi connectivity index (χ4n) is 2.38. The van der Waals surface area contributed by atoms with E-state index in [1.54, 1.807) is 20.3 Å². The van der Waals surface area contributed by atoms with Gasteiger partial charge in [-0.15, -0.1) is 0 Å². The molecular formula is C21H24N2O4. The lowest BCUT2D eigenvalue weighted by atomic mass is 10.2. The Morgan fingerprint density at radius 3 is 2.41 bits per heavy atom. The zero-order chi connectivity index (χ0) is 19.5. The van der Waals surface area contributed by atoms with Crippen molar-refractivity contribution in [1.29, 1.82) is 0 Å². The van der Waals surface area contributed by atoms with Crippen LogP contribution in [0.2, 0.25) is 0 Å². The molecule has 0 fully saturated rings. The van der Waals surface area contributed by atoms with Crippen molar-refractivity contribution in [3.8, 4) is 11.5 Å². The first kappa shape index (κ1) is 20.0. The number of benzene rings is 2. The van der Waals surface area contributed by atoms with Crippen molar-refractivity contribution in [3.05, 3.63) is 65.7 Å². The lowest BCUT2D eigenvalue weighted by Gasteiger charge is -2.09. The largest absolute Gasteiger partial charge is 0.497 e. The van der Waals surface area contributed by atoms with Crippen molar-refractivity contribution in [1.82, 2.24) is 10.6 Å². The van der Waals surface area contributed by atoms with Gasteiger partial charge in [-0.1, -0.05) is 30.3 Å². The summed E-state index contributed by atoms with van der Waals surface area (Å²) in [5.41, 5.74) is 1.79. The van der Waals surface area contributed by atoms with E-state index >= 15 is 0 Å². The van der Waals surface area contributed by atoms with E-state index in [2.05, 4.69) is 10.6 Å². The van der Waals surface area contributed by atoms with Crippen molar-refractivity contribution < 1.29 is 19.1 Å². The van der Waals surface area contributed by atoms with Crippen LogP contribution in [0.1, 0.15) is 17.5 Å². The summed E-state index contributed by atoms with van der Waals surface area (Å²) in [6, 6.07) is 14.9. The van der Waals surface area contributed by atoms with Crippen molar-refractivity contribution >= 4 is 17.9 Å². The highest BCUT2D eigenvalue weighted by Crippen LogP contribution is 2.16. The lowest BCUT2D eigenvalue weighted by molar-refractivity contribution is -0.121. The zero-order valence-electron chi connectivity index (χ0n) is 15.5. The Morgan fingerprint density at radius 2 is 1.70 bits per heavy atom. The van der Waals surface area contributed by atoms with Crippen molar-refractivity contribution in [2.24, 2.45) is 0 Å². The zero-order valence-corrected chi connectivity index (χ0v) is 15.5. The van der Waals surface area contributed by atoms with E-state index in [0.717, 1.165) is 22.6 Å². The Hall–Kier alpha value is -3.28. The van der Waals surface area contributed by atoms with Crippen LogP contribution in [-0.2, 0) is 16.1 Å². The topological polar surface area (TPSA) is 76.7 Å². The van der Waals surface area contributed by atoms with Gasteiger partial charge in [-0.25, -0.2) is 0 Å². The number of carbonyl (C=O) groups is 2. The molecule has 0 spiro atoms. The fraction of sp³-hybridized carbons (Fsp3) is 0.238. The van der Waals surface area contributed by atoms with Crippen LogP contribution in [0, 0.1) is 0 Å². The van der Waals surface area contributed by atoms with Gasteiger partial charge in [0.25, 0.3) is 0 Å². The van der Waals surface area contributed by atoms with E-state index in [1.807, 2.05) is 48.5 Å². The molecule has 6 heteroatoms. The third-order valence-electron chi connectivity index (χ3n) is 3.86. The van der Waals surface area contributed by atoms with Gasteiger partial charge < -0.3 is 20.1 Å². The second-order valence-corrected chi connectivity index (χ2v) is 5.74. The molecule has 2 N–H and O–H groups in total. The van der Waals surface area contributed by atoms with Crippen LogP contribution in [0.15, 0.2) is 54.6 Å². The number of hydrogen-bond donors (Lipinski definition) is 2. The van der Waals surface area contributed by atoms with Gasteiger partial charge in [0.2, 0.25) is 11.8 Å². The first-order valence-electron chi connectivity index (χ1n) is 8.61. The maximum Gasteiger partial charge on any atom is 0.244 e. The van der Waals surface area contributed by atoms with E-state index in [1.165, 1.54) is 6.08 Å². The summed E-state index contributed by atoms with van der Waals surface area (Å²) in [6.07, 6.45) is 3.35. The summed E-state index contributed by atoms with van der Waals surface area (Å²) >= 11 is 0. The van der Waals surface area contributed by atoms with Crippen molar-refractivity contribution in [2.75, 3.05) is 20.8 Å². The van der Waals surface area contributed by atoms with Crippen molar-refractivity contribution in [2.45, 2.75) is 13.0 Å². The third-order valence-corrected chi connectivity index (χ3v) is 3.86. The molecule has 2 rings (SSSR count). The Bertz CT molecular complexity index is 785. The molecule has 27 heavy (non-hydrogen) atoms. The van der Waals surface area contributed by atoms with Gasteiger partial charge in [0.1, 0.15) is 11.5 Å². The van der Waals surface area contributed by atoms with Crippen molar-refractivity contribution in [3.63, 3.8) is 0 Å². The molecule has 0 aliphatic carbocycles. The quantitative estimate of drug-likeness (QED) is 0.667. The highest BCUT2D eigenvalue weighted by Gasteiger charge is 2.05. The predicted octanol–water partition coefficient (Wildman–Crippen LogP) is 2.54. The molecule has 142 valence electrons. The van der Waals surface area contributed by atoms with E-state index in [0.29, 0.717) is 6.54 Å². The monoisotopic (exact) mass is 368 g/mol. The van der Waals surface area contributed by atoms with Gasteiger partial charge in [0, 0.05) is 31.1 Å². The molecule has 2 aromatic carbocycles. The Kier molecular flexibility index (Phi) is 7.91. The van der Waals surface area contributed by atoms with E-state index in [4.69, 9.17) is 9.47 Å². The smallest absolute Gasteiger partial charge is 0.244 e. The van der Waals surface area contributed by atoms with Crippen LogP contribution in [-0.4, -0.2) is 32.6 Å². The van der Waals surface area contributed by atoms with Crippen LogP contribution in [0.5, 0.6) is 11.5 Å². The Labute approximate surface area is 159 Å². The van der Waals surface area contributed by atoms with E-state index < -0.39 is 0 Å². The van der Waals surface area contributed by atoms with Gasteiger partial charge in [-0.05, 0) is 29.8 Å². The van der Waals surface area contributed by atoms with Gasteiger partial charge in [-0.3, -0.25) is 9.59 Å². The van der Waals surface area contributed by atoms with Gasteiger partial charge >= 0.3 is 0 Å². The molecule has 6 nitrogen and oxygen atoms in total. The molecule has 0 atom stereocenters. The maximum atomic E-state index is 11.9. The summed E-state index contributed by atoms with van der Waals surface area (Å²) in [4.78, 5) is 23.7. The maximum absolute atomic E-state index is 11.9. The Balaban J connectivity index is 1.69. The number of rotatable bonds is 9. The number of ether oxygens (including phenoxy) is 2. The molecule has 0 saturated carbocycles. The minimum absolute atomic E-state index is 0.139. The molecular weight excluding hydrogens is 344 g/mol.